The number of hydrogen-bond acceptors (Lipinski definition) is 4. The maximum absolute atomic E-state index is 12.5. The highest BCUT2D eigenvalue weighted by Gasteiger charge is 2.21. The monoisotopic (exact) mass is 316 g/mol. The first-order valence-corrected chi connectivity index (χ1v) is 7.64. The first kappa shape index (κ1) is 15.5. The highest BCUT2D eigenvalue weighted by atomic mass is 16.2. The molecule has 3 rings (SSSR count). The second-order valence-electron chi connectivity index (χ2n) is 5.93. The molecule has 0 saturated carbocycles. The summed E-state index contributed by atoms with van der Waals surface area (Å²) in [4.78, 5) is 40.8. The molecule has 0 aliphatic carbocycles. The van der Waals surface area contributed by atoms with Crippen molar-refractivity contribution in [2.24, 2.45) is 7.05 Å². The molecule has 1 aromatic heterocycles. The number of aryl methyl sites for hydroxylation is 1. The van der Waals surface area contributed by atoms with Gasteiger partial charge in [-0.05, 0) is 19.2 Å². The van der Waals surface area contributed by atoms with E-state index in [1.54, 1.807) is 36.2 Å². The minimum absolute atomic E-state index is 0.0981. The molecule has 1 aliphatic rings. The van der Waals surface area contributed by atoms with Crippen molar-refractivity contribution in [2.45, 2.75) is 6.54 Å². The number of aromatic nitrogens is 2. The van der Waals surface area contributed by atoms with Crippen molar-refractivity contribution < 1.29 is 4.79 Å². The molecule has 0 radical (unpaired) electrons. The summed E-state index contributed by atoms with van der Waals surface area (Å²) >= 11 is 0. The van der Waals surface area contributed by atoms with Crippen LogP contribution in [0, 0.1) is 0 Å². The van der Waals surface area contributed by atoms with Crippen molar-refractivity contribution in [1.29, 1.82) is 0 Å². The minimum Gasteiger partial charge on any atom is -0.339 e. The molecule has 1 saturated heterocycles. The first-order chi connectivity index (χ1) is 11.0. The van der Waals surface area contributed by atoms with Gasteiger partial charge in [-0.25, -0.2) is 0 Å². The van der Waals surface area contributed by atoms with Gasteiger partial charge in [0.25, 0.3) is 0 Å². The fourth-order valence-corrected chi connectivity index (χ4v) is 2.90. The summed E-state index contributed by atoms with van der Waals surface area (Å²) in [7, 11) is 3.58. The topological polar surface area (TPSA) is 67.5 Å². The molecule has 1 fully saturated rings. The number of carbonyl (C=O) groups is 1. The second-order valence-corrected chi connectivity index (χ2v) is 5.93. The number of benzene rings is 1. The maximum Gasteiger partial charge on any atom is 0.317 e. The lowest BCUT2D eigenvalue weighted by atomic mass is 10.2. The Morgan fingerprint density at radius 1 is 0.957 bits per heavy atom. The minimum atomic E-state index is -0.659. The molecule has 7 heteroatoms. The zero-order valence-corrected chi connectivity index (χ0v) is 13.4. The average molecular weight is 316 g/mol. The Hall–Kier alpha value is -2.41. The average Bonchev–Trinajstić information content (AvgIpc) is 2.57. The Balaban J connectivity index is 1.99. The van der Waals surface area contributed by atoms with Crippen LogP contribution in [-0.4, -0.2) is 58.1 Å². The smallest absolute Gasteiger partial charge is 0.317 e. The Morgan fingerprint density at radius 2 is 1.57 bits per heavy atom. The zero-order valence-electron chi connectivity index (χ0n) is 13.4. The molecule has 0 unspecified atom stereocenters. The molecule has 0 bridgehead atoms. The summed E-state index contributed by atoms with van der Waals surface area (Å²) in [6, 6.07) is 7.13. The van der Waals surface area contributed by atoms with Gasteiger partial charge >= 0.3 is 11.1 Å². The van der Waals surface area contributed by atoms with E-state index in [1.165, 1.54) is 9.13 Å². The Kier molecular flexibility index (Phi) is 4.04. The van der Waals surface area contributed by atoms with E-state index in [0.29, 0.717) is 24.1 Å². The number of hydrogen-bond donors (Lipinski definition) is 0. The van der Waals surface area contributed by atoms with Crippen LogP contribution in [0.1, 0.15) is 0 Å². The summed E-state index contributed by atoms with van der Waals surface area (Å²) in [6.07, 6.45) is 0. The highest BCUT2D eigenvalue weighted by molar-refractivity contribution is 5.80. The number of piperazine rings is 1. The van der Waals surface area contributed by atoms with Gasteiger partial charge in [0.2, 0.25) is 5.91 Å². The Bertz CT molecular complexity index is 860. The van der Waals surface area contributed by atoms with Crippen molar-refractivity contribution >= 4 is 16.9 Å². The van der Waals surface area contributed by atoms with E-state index in [4.69, 9.17) is 0 Å². The second kappa shape index (κ2) is 6.00. The fourth-order valence-electron chi connectivity index (χ4n) is 2.90. The van der Waals surface area contributed by atoms with Crippen LogP contribution in [0.15, 0.2) is 33.9 Å². The molecular formula is C16H20N4O3. The number of fused-ring (bicyclic) bond motifs is 1. The summed E-state index contributed by atoms with van der Waals surface area (Å²) in [5.41, 5.74) is -0.0334. The third-order valence-corrected chi connectivity index (χ3v) is 4.42. The van der Waals surface area contributed by atoms with Crippen LogP contribution in [0.4, 0.5) is 0 Å². The van der Waals surface area contributed by atoms with Gasteiger partial charge in [0.05, 0.1) is 11.0 Å². The number of amides is 1. The van der Waals surface area contributed by atoms with E-state index in [-0.39, 0.29) is 12.5 Å². The lowest BCUT2D eigenvalue weighted by Crippen LogP contribution is -2.49. The molecular weight excluding hydrogens is 296 g/mol. The molecule has 1 amide bonds. The summed E-state index contributed by atoms with van der Waals surface area (Å²) in [5.74, 6) is -0.126. The van der Waals surface area contributed by atoms with Crippen molar-refractivity contribution in [3.05, 3.63) is 45.0 Å². The quantitative estimate of drug-likeness (QED) is 0.699. The molecule has 7 nitrogen and oxygen atoms in total. The first-order valence-electron chi connectivity index (χ1n) is 7.64. The number of carbonyl (C=O) groups excluding carboxylic acids is 1. The molecule has 0 spiro atoms. The van der Waals surface area contributed by atoms with Crippen LogP contribution in [0.25, 0.3) is 11.0 Å². The van der Waals surface area contributed by atoms with Crippen LogP contribution in [-0.2, 0) is 18.4 Å². The predicted molar refractivity (Wildman–Crippen MR) is 87.5 cm³/mol. The van der Waals surface area contributed by atoms with E-state index in [2.05, 4.69) is 4.90 Å². The van der Waals surface area contributed by atoms with Gasteiger partial charge in [-0.1, -0.05) is 12.1 Å². The summed E-state index contributed by atoms with van der Waals surface area (Å²) in [5, 5.41) is 0. The van der Waals surface area contributed by atoms with Gasteiger partial charge in [0.1, 0.15) is 6.54 Å². The van der Waals surface area contributed by atoms with Gasteiger partial charge in [-0.3, -0.25) is 19.0 Å². The summed E-state index contributed by atoms with van der Waals surface area (Å²) < 4.78 is 2.62. The van der Waals surface area contributed by atoms with E-state index in [9.17, 15) is 14.4 Å². The predicted octanol–water partition coefficient (Wildman–Crippen LogP) is -0.526. The van der Waals surface area contributed by atoms with Gasteiger partial charge in [-0.2, -0.15) is 0 Å². The molecule has 2 heterocycles. The molecule has 2 aromatic rings. The van der Waals surface area contributed by atoms with E-state index in [1.807, 2.05) is 7.05 Å². The molecule has 122 valence electrons. The lowest BCUT2D eigenvalue weighted by Gasteiger charge is -2.32. The maximum atomic E-state index is 12.5. The zero-order chi connectivity index (χ0) is 16.6. The van der Waals surface area contributed by atoms with E-state index in [0.717, 1.165) is 13.1 Å². The molecule has 1 aliphatic heterocycles. The normalized spacial score (nSPS) is 16.0. The standard InChI is InChI=1S/C16H20N4O3/c1-17-7-9-19(10-8-17)14(21)11-20-13-6-4-3-5-12(13)18(2)15(22)16(20)23/h3-6H,7-11H2,1-2H3. The number of nitrogens with zero attached hydrogens (tertiary/aromatic N) is 4. The third-order valence-electron chi connectivity index (χ3n) is 4.42. The van der Waals surface area contributed by atoms with Crippen molar-refractivity contribution in [3.8, 4) is 0 Å². The van der Waals surface area contributed by atoms with Crippen LogP contribution >= 0.6 is 0 Å². The number of para-hydroxylation sites is 2. The van der Waals surface area contributed by atoms with Crippen molar-refractivity contribution in [1.82, 2.24) is 18.9 Å². The lowest BCUT2D eigenvalue weighted by molar-refractivity contribution is -0.133. The van der Waals surface area contributed by atoms with Gasteiger partial charge in [-0.15, -0.1) is 0 Å². The van der Waals surface area contributed by atoms with E-state index < -0.39 is 11.1 Å². The third kappa shape index (κ3) is 2.79. The van der Waals surface area contributed by atoms with Gasteiger partial charge in [0, 0.05) is 33.2 Å². The highest BCUT2D eigenvalue weighted by Crippen LogP contribution is 2.10. The molecule has 23 heavy (non-hydrogen) atoms. The van der Waals surface area contributed by atoms with Crippen LogP contribution in [0.2, 0.25) is 0 Å². The number of likely N-dealkylation sites (N-methyl/N-ethyl adjacent to an activating group) is 1. The van der Waals surface area contributed by atoms with Gasteiger partial charge < -0.3 is 14.4 Å². The molecule has 0 N–H and O–H groups in total. The van der Waals surface area contributed by atoms with Gasteiger partial charge in [0.15, 0.2) is 0 Å². The molecule has 1 aromatic carbocycles. The largest absolute Gasteiger partial charge is 0.339 e. The van der Waals surface area contributed by atoms with Crippen LogP contribution in [0.5, 0.6) is 0 Å². The number of rotatable bonds is 2. The Labute approximate surface area is 133 Å². The van der Waals surface area contributed by atoms with Crippen molar-refractivity contribution in [3.63, 3.8) is 0 Å². The molecule has 0 atom stereocenters. The fraction of sp³-hybridized carbons (Fsp3) is 0.438. The van der Waals surface area contributed by atoms with Crippen molar-refractivity contribution in [2.75, 3.05) is 33.2 Å². The summed E-state index contributed by atoms with van der Waals surface area (Å²) in [6.45, 7) is 2.83. The SMILES string of the molecule is CN1CCN(C(=O)Cn2c(=O)c(=O)n(C)c3ccccc32)CC1. The Morgan fingerprint density at radius 3 is 2.22 bits per heavy atom. The van der Waals surface area contributed by atoms with Crippen LogP contribution in [0.3, 0.4) is 0 Å². The van der Waals surface area contributed by atoms with Crippen LogP contribution < -0.4 is 11.1 Å². The van der Waals surface area contributed by atoms with E-state index >= 15 is 0 Å².